The lowest BCUT2D eigenvalue weighted by molar-refractivity contribution is -0.0447. The Labute approximate surface area is 91.0 Å². The molecule has 1 heterocycles. The molecule has 0 saturated carbocycles. The van der Waals surface area contributed by atoms with E-state index in [9.17, 15) is 13.6 Å². The van der Waals surface area contributed by atoms with Crippen LogP contribution in [0.5, 0.6) is 0 Å². The van der Waals surface area contributed by atoms with Gasteiger partial charge in [0, 0.05) is 5.56 Å². The van der Waals surface area contributed by atoms with E-state index in [-0.39, 0.29) is 11.1 Å². The first kappa shape index (κ1) is 11.2. The van der Waals surface area contributed by atoms with E-state index >= 15 is 0 Å². The fourth-order valence-electron chi connectivity index (χ4n) is 1.64. The molecular formula is C11H10F2O3. The summed E-state index contributed by atoms with van der Waals surface area (Å²) in [7, 11) is 0. The third-order valence-electron chi connectivity index (χ3n) is 2.32. The van der Waals surface area contributed by atoms with Crippen LogP contribution in [0.3, 0.4) is 0 Å². The van der Waals surface area contributed by atoms with Gasteiger partial charge in [-0.1, -0.05) is 12.1 Å². The highest BCUT2D eigenvalue weighted by Crippen LogP contribution is 2.28. The van der Waals surface area contributed by atoms with Crippen molar-refractivity contribution >= 4 is 5.78 Å². The van der Waals surface area contributed by atoms with Crippen molar-refractivity contribution < 1.29 is 23.0 Å². The van der Waals surface area contributed by atoms with Gasteiger partial charge in [-0.15, -0.1) is 0 Å². The summed E-state index contributed by atoms with van der Waals surface area (Å²) in [4.78, 5) is 11.3. The lowest BCUT2D eigenvalue weighted by Gasteiger charge is -2.13. The Hall–Kier alpha value is -1.33. The third kappa shape index (κ3) is 1.96. The largest absolute Gasteiger partial charge is 0.346 e. The predicted octanol–water partition coefficient (Wildman–Crippen LogP) is 2.02. The Kier molecular flexibility index (Phi) is 3.26. The minimum absolute atomic E-state index is 0.250. The third-order valence-corrected chi connectivity index (χ3v) is 2.32. The molecule has 0 atom stereocenters. The van der Waals surface area contributed by atoms with E-state index in [4.69, 9.17) is 9.47 Å². The fraction of sp³-hybridized carbons (Fsp3) is 0.364. The average molecular weight is 228 g/mol. The molecule has 1 saturated heterocycles. The van der Waals surface area contributed by atoms with Crippen LogP contribution in [0, 0.1) is 5.82 Å². The summed E-state index contributed by atoms with van der Waals surface area (Å²) in [5, 5.41) is 0. The number of ether oxygens (including phenoxy) is 2. The molecule has 0 amide bonds. The van der Waals surface area contributed by atoms with Crippen molar-refractivity contribution in [3.05, 3.63) is 35.1 Å². The monoisotopic (exact) mass is 228 g/mol. The van der Waals surface area contributed by atoms with Gasteiger partial charge >= 0.3 is 0 Å². The molecule has 0 aliphatic carbocycles. The van der Waals surface area contributed by atoms with E-state index in [1.807, 2.05) is 0 Å². The van der Waals surface area contributed by atoms with E-state index in [2.05, 4.69) is 0 Å². The van der Waals surface area contributed by atoms with Crippen LogP contribution in [-0.2, 0) is 9.47 Å². The zero-order chi connectivity index (χ0) is 11.5. The minimum Gasteiger partial charge on any atom is -0.346 e. The molecule has 16 heavy (non-hydrogen) atoms. The number of ketones is 1. The molecule has 3 nitrogen and oxygen atoms in total. The molecule has 1 aromatic rings. The summed E-state index contributed by atoms with van der Waals surface area (Å²) in [6.45, 7) is -0.477. The second kappa shape index (κ2) is 4.67. The van der Waals surface area contributed by atoms with Gasteiger partial charge in [0.1, 0.15) is 5.82 Å². The average Bonchev–Trinajstić information content (AvgIpc) is 2.81. The standard InChI is InChI=1S/C11H10F2O3/c12-6-9(14)10-7(2-1-3-8(10)13)11-15-4-5-16-11/h1-3,11H,4-6H2. The SMILES string of the molecule is O=C(CF)c1c(F)cccc1C1OCCO1. The summed E-state index contributed by atoms with van der Waals surface area (Å²) in [6.07, 6.45) is -0.777. The number of carbonyl (C=O) groups excluding carboxylic acids is 1. The number of alkyl halides is 1. The second-order valence-corrected chi connectivity index (χ2v) is 3.33. The zero-order valence-electron chi connectivity index (χ0n) is 8.41. The van der Waals surface area contributed by atoms with E-state index in [0.717, 1.165) is 6.07 Å². The fourth-order valence-corrected chi connectivity index (χ4v) is 1.64. The lowest BCUT2D eigenvalue weighted by atomic mass is 10.0. The highest BCUT2D eigenvalue weighted by Gasteiger charge is 2.26. The normalized spacial score (nSPS) is 16.6. The van der Waals surface area contributed by atoms with Crippen molar-refractivity contribution in [3.8, 4) is 0 Å². The van der Waals surface area contributed by atoms with Crippen molar-refractivity contribution in [3.63, 3.8) is 0 Å². The van der Waals surface area contributed by atoms with Crippen LogP contribution in [0.15, 0.2) is 18.2 Å². The summed E-state index contributed by atoms with van der Waals surface area (Å²) in [5.41, 5.74) is -0.0305. The molecule has 86 valence electrons. The Morgan fingerprint density at radius 1 is 1.38 bits per heavy atom. The van der Waals surface area contributed by atoms with E-state index in [0.29, 0.717) is 13.2 Å². The highest BCUT2D eigenvalue weighted by molar-refractivity contribution is 5.98. The van der Waals surface area contributed by atoms with Crippen LogP contribution in [0.4, 0.5) is 8.78 Å². The molecule has 5 heteroatoms. The van der Waals surface area contributed by atoms with Gasteiger partial charge < -0.3 is 9.47 Å². The van der Waals surface area contributed by atoms with Gasteiger partial charge in [0.2, 0.25) is 0 Å². The van der Waals surface area contributed by atoms with Gasteiger partial charge in [-0.25, -0.2) is 8.78 Å². The molecule has 0 radical (unpaired) electrons. The topological polar surface area (TPSA) is 35.5 Å². The van der Waals surface area contributed by atoms with E-state index in [1.54, 1.807) is 0 Å². The molecule has 1 aromatic carbocycles. The van der Waals surface area contributed by atoms with Crippen LogP contribution in [0.25, 0.3) is 0 Å². The molecular weight excluding hydrogens is 218 g/mol. The molecule has 0 bridgehead atoms. The van der Waals surface area contributed by atoms with E-state index in [1.165, 1.54) is 12.1 Å². The number of halogens is 2. The number of Topliss-reactive ketones (excluding diaryl/α,β-unsaturated/α-hetero) is 1. The lowest BCUT2D eigenvalue weighted by Crippen LogP contribution is -2.12. The van der Waals surface area contributed by atoms with Crippen molar-refractivity contribution in [2.45, 2.75) is 6.29 Å². The van der Waals surface area contributed by atoms with Crippen LogP contribution in [0.2, 0.25) is 0 Å². The molecule has 2 rings (SSSR count). The Balaban J connectivity index is 2.43. The predicted molar refractivity (Wildman–Crippen MR) is 51.4 cm³/mol. The molecule has 0 unspecified atom stereocenters. The number of carbonyl (C=O) groups is 1. The van der Waals surface area contributed by atoms with Crippen LogP contribution >= 0.6 is 0 Å². The molecule has 0 aromatic heterocycles. The molecule has 1 aliphatic heterocycles. The minimum atomic E-state index is -1.24. The maximum atomic E-state index is 13.4. The van der Waals surface area contributed by atoms with Gasteiger partial charge in [0.15, 0.2) is 18.7 Å². The van der Waals surface area contributed by atoms with Crippen LogP contribution < -0.4 is 0 Å². The maximum Gasteiger partial charge on any atom is 0.197 e. The van der Waals surface area contributed by atoms with E-state index < -0.39 is 24.6 Å². The van der Waals surface area contributed by atoms with Gasteiger partial charge in [-0.05, 0) is 6.07 Å². The molecule has 0 N–H and O–H groups in total. The smallest absolute Gasteiger partial charge is 0.197 e. The molecule has 1 aliphatic rings. The first-order chi connectivity index (χ1) is 7.74. The maximum absolute atomic E-state index is 13.4. The number of benzene rings is 1. The highest BCUT2D eigenvalue weighted by atomic mass is 19.1. The summed E-state index contributed by atoms with van der Waals surface area (Å²) in [6, 6.07) is 4.05. The second-order valence-electron chi connectivity index (χ2n) is 3.33. The summed E-state index contributed by atoms with van der Waals surface area (Å²) in [5.74, 6) is -1.65. The first-order valence-electron chi connectivity index (χ1n) is 4.85. The summed E-state index contributed by atoms with van der Waals surface area (Å²) < 4.78 is 36.1. The van der Waals surface area contributed by atoms with Crippen LogP contribution in [-0.4, -0.2) is 25.7 Å². The van der Waals surface area contributed by atoms with Crippen molar-refractivity contribution in [2.75, 3.05) is 19.9 Å². The Morgan fingerprint density at radius 3 is 2.69 bits per heavy atom. The van der Waals surface area contributed by atoms with Gasteiger partial charge in [0.25, 0.3) is 0 Å². The Bertz CT molecular complexity index is 400. The quantitative estimate of drug-likeness (QED) is 0.742. The Morgan fingerprint density at radius 2 is 2.06 bits per heavy atom. The molecule has 1 fully saturated rings. The van der Waals surface area contributed by atoms with Crippen molar-refractivity contribution in [2.24, 2.45) is 0 Å². The van der Waals surface area contributed by atoms with Gasteiger partial charge in [-0.2, -0.15) is 0 Å². The number of rotatable bonds is 3. The van der Waals surface area contributed by atoms with Crippen molar-refractivity contribution in [1.82, 2.24) is 0 Å². The number of hydrogen-bond acceptors (Lipinski definition) is 3. The molecule has 0 spiro atoms. The van der Waals surface area contributed by atoms with Crippen LogP contribution in [0.1, 0.15) is 22.2 Å². The van der Waals surface area contributed by atoms with Crippen molar-refractivity contribution in [1.29, 1.82) is 0 Å². The summed E-state index contributed by atoms with van der Waals surface area (Å²) >= 11 is 0. The van der Waals surface area contributed by atoms with Gasteiger partial charge in [-0.3, -0.25) is 4.79 Å². The number of hydrogen-bond donors (Lipinski definition) is 0. The zero-order valence-corrected chi connectivity index (χ0v) is 8.41. The van der Waals surface area contributed by atoms with Gasteiger partial charge in [0.05, 0.1) is 18.8 Å². The first-order valence-corrected chi connectivity index (χ1v) is 4.85.